The Morgan fingerprint density at radius 1 is 0.944 bits per heavy atom. The molecule has 1 atom stereocenters. The van der Waals surface area contributed by atoms with Crippen LogP contribution in [-0.4, -0.2) is 5.11 Å². The van der Waals surface area contributed by atoms with Crippen molar-refractivity contribution < 1.29 is 9.84 Å². The number of anilines is 2. The van der Waals surface area contributed by atoms with Crippen LogP contribution in [0.1, 0.15) is 18.6 Å². The average molecular weight is 244 g/mol. The van der Waals surface area contributed by atoms with Gasteiger partial charge in [0.1, 0.15) is 11.5 Å². The van der Waals surface area contributed by atoms with Crippen LogP contribution in [0, 0.1) is 0 Å². The molecule has 2 aromatic carbocycles. The summed E-state index contributed by atoms with van der Waals surface area (Å²) in [7, 11) is 0. The topological polar surface area (TPSA) is 81.5 Å². The Morgan fingerprint density at radius 3 is 2.11 bits per heavy atom. The van der Waals surface area contributed by atoms with Crippen LogP contribution >= 0.6 is 0 Å². The van der Waals surface area contributed by atoms with Crippen molar-refractivity contribution in [1.29, 1.82) is 0 Å². The second-order valence-electron chi connectivity index (χ2n) is 4.14. The number of rotatable bonds is 3. The fourth-order valence-corrected chi connectivity index (χ4v) is 1.57. The van der Waals surface area contributed by atoms with Gasteiger partial charge in [0.05, 0.1) is 17.5 Å². The predicted octanol–water partition coefficient (Wildman–Crippen LogP) is 2.70. The summed E-state index contributed by atoms with van der Waals surface area (Å²) in [5, 5.41) is 9.40. The van der Waals surface area contributed by atoms with E-state index in [0.29, 0.717) is 22.9 Å². The molecule has 0 heterocycles. The standard InChI is InChI=1S/C14H16N2O2/c1-9(17)10-2-4-11(5-3-10)18-12-6-7-13(15)14(16)8-12/h2-9,17H,15-16H2,1H3. The van der Waals surface area contributed by atoms with Crippen LogP contribution < -0.4 is 16.2 Å². The summed E-state index contributed by atoms with van der Waals surface area (Å²) in [6.45, 7) is 1.72. The number of hydrogen-bond donors (Lipinski definition) is 3. The van der Waals surface area contributed by atoms with E-state index in [-0.39, 0.29) is 0 Å². The molecular formula is C14H16N2O2. The Balaban J connectivity index is 2.15. The first kappa shape index (κ1) is 12.3. The summed E-state index contributed by atoms with van der Waals surface area (Å²) in [6.07, 6.45) is -0.480. The molecule has 0 spiro atoms. The molecule has 5 N–H and O–H groups in total. The average Bonchev–Trinajstić information content (AvgIpc) is 2.34. The number of aliphatic hydroxyl groups excluding tert-OH is 1. The molecule has 4 heteroatoms. The minimum atomic E-state index is -0.480. The van der Waals surface area contributed by atoms with Crippen molar-refractivity contribution in [2.75, 3.05) is 11.5 Å². The number of nitrogens with two attached hydrogens (primary N) is 2. The molecule has 0 aliphatic rings. The van der Waals surface area contributed by atoms with Crippen LogP contribution in [0.15, 0.2) is 42.5 Å². The third kappa shape index (κ3) is 2.73. The minimum Gasteiger partial charge on any atom is -0.457 e. The zero-order valence-corrected chi connectivity index (χ0v) is 10.1. The molecule has 0 aliphatic carbocycles. The summed E-state index contributed by atoms with van der Waals surface area (Å²) in [5.74, 6) is 1.31. The van der Waals surface area contributed by atoms with Gasteiger partial charge in [-0.05, 0) is 36.8 Å². The van der Waals surface area contributed by atoms with Gasteiger partial charge in [-0.2, -0.15) is 0 Å². The highest BCUT2D eigenvalue weighted by molar-refractivity contribution is 5.65. The molecule has 0 aliphatic heterocycles. The van der Waals surface area contributed by atoms with Gasteiger partial charge in [0.2, 0.25) is 0 Å². The van der Waals surface area contributed by atoms with Gasteiger partial charge in [-0.1, -0.05) is 12.1 Å². The normalized spacial score (nSPS) is 12.1. The molecule has 94 valence electrons. The molecule has 1 unspecified atom stereocenters. The van der Waals surface area contributed by atoms with E-state index in [4.69, 9.17) is 16.2 Å². The van der Waals surface area contributed by atoms with Gasteiger partial charge in [0.15, 0.2) is 0 Å². The molecule has 0 saturated carbocycles. The number of nitrogen functional groups attached to an aromatic ring is 2. The van der Waals surface area contributed by atoms with Crippen LogP contribution in [-0.2, 0) is 0 Å². The van der Waals surface area contributed by atoms with Gasteiger partial charge in [-0.25, -0.2) is 0 Å². The van der Waals surface area contributed by atoms with Crippen LogP contribution in [0.2, 0.25) is 0 Å². The lowest BCUT2D eigenvalue weighted by molar-refractivity contribution is 0.199. The van der Waals surface area contributed by atoms with E-state index < -0.39 is 6.10 Å². The third-order valence-corrected chi connectivity index (χ3v) is 2.66. The van der Waals surface area contributed by atoms with Gasteiger partial charge in [0, 0.05) is 6.07 Å². The Kier molecular flexibility index (Phi) is 3.39. The van der Waals surface area contributed by atoms with E-state index in [1.165, 1.54) is 0 Å². The SMILES string of the molecule is CC(O)c1ccc(Oc2ccc(N)c(N)c2)cc1. The van der Waals surface area contributed by atoms with Crippen LogP contribution in [0.4, 0.5) is 11.4 Å². The highest BCUT2D eigenvalue weighted by Crippen LogP contribution is 2.27. The molecule has 0 bridgehead atoms. The van der Waals surface area contributed by atoms with Crippen molar-refractivity contribution in [1.82, 2.24) is 0 Å². The molecule has 2 rings (SSSR count). The van der Waals surface area contributed by atoms with Crippen molar-refractivity contribution in [3.63, 3.8) is 0 Å². The van der Waals surface area contributed by atoms with E-state index >= 15 is 0 Å². The molecule has 2 aromatic rings. The zero-order valence-electron chi connectivity index (χ0n) is 10.1. The Bertz CT molecular complexity index is 536. The summed E-state index contributed by atoms with van der Waals surface area (Å²) >= 11 is 0. The van der Waals surface area contributed by atoms with E-state index in [0.717, 1.165) is 5.56 Å². The second kappa shape index (κ2) is 4.98. The predicted molar refractivity (Wildman–Crippen MR) is 72.4 cm³/mol. The lowest BCUT2D eigenvalue weighted by Crippen LogP contribution is -1.95. The van der Waals surface area contributed by atoms with Crippen LogP contribution in [0.25, 0.3) is 0 Å². The molecule has 18 heavy (non-hydrogen) atoms. The van der Waals surface area contributed by atoms with Crippen molar-refractivity contribution >= 4 is 11.4 Å². The Hall–Kier alpha value is -2.20. The zero-order chi connectivity index (χ0) is 13.1. The third-order valence-electron chi connectivity index (χ3n) is 2.66. The number of aliphatic hydroxyl groups is 1. The summed E-state index contributed by atoms with van der Waals surface area (Å²) in [5.41, 5.74) is 13.2. The maximum absolute atomic E-state index is 9.40. The summed E-state index contributed by atoms with van der Waals surface area (Å²) in [4.78, 5) is 0. The summed E-state index contributed by atoms with van der Waals surface area (Å²) < 4.78 is 5.63. The molecular weight excluding hydrogens is 228 g/mol. The molecule has 0 fully saturated rings. The molecule has 0 amide bonds. The van der Waals surface area contributed by atoms with E-state index in [1.807, 2.05) is 12.1 Å². The fraction of sp³-hybridized carbons (Fsp3) is 0.143. The van der Waals surface area contributed by atoms with Gasteiger partial charge in [-0.3, -0.25) is 0 Å². The molecule has 0 aromatic heterocycles. The van der Waals surface area contributed by atoms with Gasteiger partial charge in [-0.15, -0.1) is 0 Å². The maximum Gasteiger partial charge on any atom is 0.129 e. The van der Waals surface area contributed by atoms with Crippen molar-refractivity contribution in [3.05, 3.63) is 48.0 Å². The first-order valence-electron chi connectivity index (χ1n) is 5.67. The second-order valence-corrected chi connectivity index (χ2v) is 4.14. The van der Waals surface area contributed by atoms with Gasteiger partial charge in [0.25, 0.3) is 0 Å². The first-order chi connectivity index (χ1) is 8.56. The minimum absolute atomic E-state index is 0.480. The van der Waals surface area contributed by atoms with Crippen molar-refractivity contribution in [2.24, 2.45) is 0 Å². The van der Waals surface area contributed by atoms with Gasteiger partial charge >= 0.3 is 0 Å². The number of benzene rings is 2. The lowest BCUT2D eigenvalue weighted by Gasteiger charge is -2.09. The lowest BCUT2D eigenvalue weighted by atomic mass is 10.1. The number of ether oxygens (including phenoxy) is 1. The van der Waals surface area contributed by atoms with Crippen LogP contribution in [0.3, 0.4) is 0 Å². The maximum atomic E-state index is 9.40. The molecule has 4 nitrogen and oxygen atoms in total. The van der Waals surface area contributed by atoms with E-state index in [2.05, 4.69) is 0 Å². The smallest absolute Gasteiger partial charge is 0.129 e. The van der Waals surface area contributed by atoms with Gasteiger partial charge < -0.3 is 21.3 Å². The molecule has 0 radical (unpaired) electrons. The monoisotopic (exact) mass is 244 g/mol. The first-order valence-corrected chi connectivity index (χ1v) is 5.67. The summed E-state index contributed by atoms with van der Waals surface area (Å²) in [6, 6.07) is 12.4. The number of hydrogen-bond acceptors (Lipinski definition) is 4. The highest BCUT2D eigenvalue weighted by atomic mass is 16.5. The largest absolute Gasteiger partial charge is 0.457 e. The molecule has 0 saturated heterocycles. The Morgan fingerprint density at radius 2 is 1.56 bits per heavy atom. The van der Waals surface area contributed by atoms with E-state index in [9.17, 15) is 5.11 Å². The van der Waals surface area contributed by atoms with Crippen LogP contribution in [0.5, 0.6) is 11.5 Å². The highest BCUT2D eigenvalue weighted by Gasteiger charge is 2.03. The quantitative estimate of drug-likeness (QED) is 0.725. The fourth-order valence-electron chi connectivity index (χ4n) is 1.57. The van der Waals surface area contributed by atoms with Crippen molar-refractivity contribution in [2.45, 2.75) is 13.0 Å². The van der Waals surface area contributed by atoms with E-state index in [1.54, 1.807) is 37.3 Å². The Labute approximate surface area is 106 Å². The van der Waals surface area contributed by atoms with Crippen molar-refractivity contribution in [3.8, 4) is 11.5 Å².